The SMILES string of the molecule is CCc1ccc([C@@H](CNc2ccc(C=O)cc2[N+](=O)[O-])[NH+](C)C)cc1. The Morgan fingerprint density at radius 2 is 1.88 bits per heavy atom. The van der Waals surface area contributed by atoms with Crippen LogP contribution >= 0.6 is 0 Å². The second-order valence-electron chi connectivity index (χ2n) is 6.26. The number of hydrogen-bond acceptors (Lipinski definition) is 4. The maximum absolute atomic E-state index is 11.3. The van der Waals surface area contributed by atoms with Crippen LogP contribution in [0.1, 0.15) is 34.5 Å². The Labute approximate surface area is 147 Å². The van der Waals surface area contributed by atoms with E-state index in [1.54, 1.807) is 12.1 Å². The van der Waals surface area contributed by atoms with Crippen molar-refractivity contribution in [3.8, 4) is 0 Å². The lowest BCUT2D eigenvalue weighted by molar-refractivity contribution is -0.890. The molecular formula is C19H24N3O3+. The quantitative estimate of drug-likeness (QED) is 0.438. The molecule has 6 nitrogen and oxygen atoms in total. The van der Waals surface area contributed by atoms with E-state index in [1.807, 2.05) is 0 Å². The molecule has 0 fully saturated rings. The molecule has 0 unspecified atom stereocenters. The second kappa shape index (κ2) is 8.39. The summed E-state index contributed by atoms with van der Waals surface area (Å²) in [5.74, 6) is 0. The van der Waals surface area contributed by atoms with Gasteiger partial charge in [0.2, 0.25) is 0 Å². The number of quaternary nitrogens is 1. The van der Waals surface area contributed by atoms with Gasteiger partial charge in [0.1, 0.15) is 18.0 Å². The number of carbonyl (C=O) groups is 1. The van der Waals surface area contributed by atoms with Crippen molar-refractivity contribution in [1.29, 1.82) is 0 Å². The summed E-state index contributed by atoms with van der Waals surface area (Å²) in [4.78, 5) is 22.8. The van der Waals surface area contributed by atoms with Gasteiger partial charge in [0, 0.05) is 17.2 Å². The van der Waals surface area contributed by atoms with Gasteiger partial charge >= 0.3 is 0 Å². The predicted octanol–water partition coefficient (Wildman–Crippen LogP) is 2.27. The summed E-state index contributed by atoms with van der Waals surface area (Å²) in [6.07, 6.45) is 1.60. The first-order valence-electron chi connectivity index (χ1n) is 8.32. The Bertz CT molecular complexity index is 742. The van der Waals surface area contributed by atoms with E-state index in [9.17, 15) is 14.9 Å². The minimum Gasteiger partial charge on any atom is -0.373 e. The van der Waals surface area contributed by atoms with Crippen molar-refractivity contribution in [3.63, 3.8) is 0 Å². The second-order valence-corrected chi connectivity index (χ2v) is 6.26. The lowest BCUT2D eigenvalue weighted by Gasteiger charge is -2.23. The molecule has 0 aromatic heterocycles. The van der Waals surface area contributed by atoms with Crippen molar-refractivity contribution in [2.24, 2.45) is 0 Å². The van der Waals surface area contributed by atoms with Gasteiger partial charge in [-0.2, -0.15) is 0 Å². The number of anilines is 1. The summed E-state index contributed by atoms with van der Waals surface area (Å²) < 4.78 is 0. The van der Waals surface area contributed by atoms with Gasteiger partial charge < -0.3 is 10.2 Å². The van der Waals surface area contributed by atoms with Crippen LogP contribution in [-0.4, -0.2) is 31.8 Å². The number of benzene rings is 2. The molecule has 6 heteroatoms. The van der Waals surface area contributed by atoms with Crippen LogP contribution in [-0.2, 0) is 6.42 Å². The number of likely N-dealkylation sites (N-methyl/N-ethyl adjacent to an activating group) is 1. The van der Waals surface area contributed by atoms with E-state index in [0.717, 1.165) is 6.42 Å². The highest BCUT2D eigenvalue weighted by molar-refractivity contribution is 5.79. The van der Waals surface area contributed by atoms with Crippen LogP contribution in [0.5, 0.6) is 0 Å². The number of carbonyl (C=O) groups excluding carboxylic acids is 1. The molecule has 0 heterocycles. The molecule has 132 valence electrons. The zero-order valence-electron chi connectivity index (χ0n) is 14.8. The average Bonchev–Trinajstić information content (AvgIpc) is 2.62. The number of hydrogen-bond donors (Lipinski definition) is 2. The highest BCUT2D eigenvalue weighted by atomic mass is 16.6. The molecule has 0 radical (unpaired) electrons. The summed E-state index contributed by atoms with van der Waals surface area (Å²) in [5, 5.41) is 14.4. The maximum Gasteiger partial charge on any atom is 0.293 e. The van der Waals surface area contributed by atoms with Crippen molar-refractivity contribution in [1.82, 2.24) is 0 Å². The van der Waals surface area contributed by atoms with Crippen LogP contribution in [0.15, 0.2) is 42.5 Å². The molecule has 2 aromatic carbocycles. The van der Waals surface area contributed by atoms with Gasteiger partial charge in [0.25, 0.3) is 5.69 Å². The zero-order chi connectivity index (χ0) is 18.4. The predicted molar refractivity (Wildman–Crippen MR) is 98.3 cm³/mol. The zero-order valence-corrected chi connectivity index (χ0v) is 14.8. The number of nitro groups is 1. The molecule has 2 rings (SSSR count). The van der Waals surface area contributed by atoms with Crippen LogP contribution < -0.4 is 10.2 Å². The van der Waals surface area contributed by atoms with Crippen LogP contribution in [0.4, 0.5) is 11.4 Å². The van der Waals surface area contributed by atoms with Gasteiger partial charge in [-0.25, -0.2) is 0 Å². The van der Waals surface area contributed by atoms with E-state index in [1.165, 1.54) is 22.1 Å². The molecule has 0 spiro atoms. The molecule has 2 N–H and O–H groups in total. The van der Waals surface area contributed by atoms with Crippen LogP contribution in [0.3, 0.4) is 0 Å². The molecule has 0 bridgehead atoms. The Kier molecular flexibility index (Phi) is 6.25. The number of nitrogens with zero attached hydrogens (tertiary/aromatic N) is 1. The lowest BCUT2D eigenvalue weighted by atomic mass is 10.0. The van der Waals surface area contributed by atoms with Gasteiger partial charge in [0.05, 0.1) is 25.6 Å². The van der Waals surface area contributed by atoms with Crippen molar-refractivity contribution in [3.05, 3.63) is 69.3 Å². The summed E-state index contributed by atoms with van der Waals surface area (Å²) in [6, 6.07) is 13.1. The fraction of sp³-hybridized carbons (Fsp3) is 0.316. The van der Waals surface area contributed by atoms with Crippen LogP contribution in [0.25, 0.3) is 0 Å². The van der Waals surface area contributed by atoms with Gasteiger partial charge in [-0.3, -0.25) is 14.9 Å². The largest absolute Gasteiger partial charge is 0.373 e. The van der Waals surface area contributed by atoms with Gasteiger partial charge in [0.15, 0.2) is 0 Å². The van der Waals surface area contributed by atoms with Crippen LogP contribution in [0.2, 0.25) is 0 Å². The fourth-order valence-electron chi connectivity index (χ4n) is 2.78. The first-order chi connectivity index (χ1) is 12.0. The third-order valence-electron chi connectivity index (χ3n) is 4.34. The molecule has 0 aliphatic rings. The standard InChI is InChI=1S/C19H23N3O3/c1-4-14-5-8-16(9-6-14)19(21(2)3)12-20-17-10-7-15(13-23)11-18(17)22(24)25/h5-11,13,19-20H,4,12H2,1-3H3/p+1/t19-/m1/s1. The minimum atomic E-state index is -0.469. The number of nitro benzene ring substituents is 1. The van der Waals surface area contributed by atoms with E-state index in [-0.39, 0.29) is 11.7 Å². The molecular weight excluding hydrogens is 318 g/mol. The van der Waals surface area contributed by atoms with Gasteiger partial charge in [-0.15, -0.1) is 0 Å². The van der Waals surface area contributed by atoms with Crippen molar-refractivity contribution < 1.29 is 14.6 Å². The average molecular weight is 342 g/mol. The molecule has 0 amide bonds. The Morgan fingerprint density at radius 3 is 2.40 bits per heavy atom. The molecule has 0 saturated carbocycles. The summed E-state index contributed by atoms with van der Waals surface area (Å²) in [7, 11) is 4.12. The highest BCUT2D eigenvalue weighted by Gasteiger charge is 2.20. The minimum absolute atomic E-state index is 0.0848. The monoisotopic (exact) mass is 342 g/mol. The Hall–Kier alpha value is -2.73. The molecule has 0 aliphatic heterocycles. The third kappa shape index (κ3) is 4.64. The lowest BCUT2D eigenvalue weighted by Crippen LogP contribution is -3.06. The third-order valence-corrected chi connectivity index (χ3v) is 4.34. The fourth-order valence-corrected chi connectivity index (χ4v) is 2.78. The van der Waals surface area contributed by atoms with Crippen molar-refractivity contribution in [2.75, 3.05) is 26.0 Å². The van der Waals surface area contributed by atoms with E-state index in [4.69, 9.17) is 0 Å². The first kappa shape index (κ1) is 18.6. The summed E-state index contributed by atoms with van der Waals surface area (Å²) >= 11 is 0. The molecule has 2 aromatic rings. The van der Waals surface area contributed by atoms with Gasteiger partial charge in [-0.1, -0.05) is 31.2 Å². The molecule has 25 heavy (non-hydrogen) atoms. The first-order valence-corrected chi connectivity index (χ1v) is 8.32. The van der Waals surface area contributed by atoms with E-state index < -0.39 is 4.92 Å². The topological polar surface area (TPSA) is 76.7 Å². The van der Waals surface area contributed by atoms with E-state index >= 15 is 0 Å². The Balaban J connectivity index is 2.21. The smallest absolute Gasteiger partial charge is 0.293 e. The van der Waals surface area contributed by atoms with Crippen molar-refractivity contribution in [2.45, 2.75) is 19.4 Å². The molecule has 0 aliphatic carbocycles. The van der Waals surface area contributed by atoms with Crippen LogP contribution in [0, 0.1) is 10.1 Å². The summed E-state index contributed by atoms with van der Waals surface area (Å²) in [5.41, 5.74) is 3.09. The highest BCUT2D eigenvalue weighted by Crippen LogP contribution is 2.25. The summed E-state index contributed by atoms with van der Waals surface area (Å²) in [6.45, 7) is 2.67. The number of rotatable bonds is 8. The van der Waals surface area contributed by atoms with E-state index in [2.05, 4.69) is 50.6 Å². The number of aryl methyl sites for hydroxylation is 1. The number of aldehydes is 1. The number of nitrogens with one attached hydrogen (secondary N) is 2. The molecule has 1 atom stereocenters. The van der Waals surface area contributed by atoms with E-state index in [0.29, 0.717) is 24.1 Å². The normalized spacial score (nSPS) is 12.0. The van der Waals surface area contributed by atoms with Crippen molar-refractivity contribution >= 4 is 17.7 Å². The van der Waals surface area contributed by atoms with Gasteiger partial charge in [-0.05, 0) is 24.1 Å². The Morgan fingerprint density at radius 1 is 1.20 bits per heavy atom. The maximum atomic E-state index is 11.3. The molecule has 0 saturated heterocycles.